The molecule has 1 amide bonds. The summed E-state index contributed by atoms with van der Waals surface area (Å²) in [7, 11) is 0. The van der Waals surface area contributed by atoms with Crippen LogP contribution in [0, 0.1) is 6.92 Å². The number of carbonyl (C=O) groups excluding carboxylic acids is 1. The first-order valence-corrected chi connectivity index (χ1v) is 7.13. The van der Waals surface area contributed by atoms with Crippen molar-refractivity contribution in [1.82, 2.24) is 5.43 Å². The fraction of sp³-hybridized carbons (Fsp3) is 0.200. The van der Waals surface area contributed by atoms with Gasteiger partial charge in [0, 0.05) is 15.3 Å². The third-order valence-electron chi connectivity index (χ3n) is 2.55. The van der Waals surface area contributed by atoms with Gasteiger partial charge in [-0.1, -0.05) is 0 Å². The van der Waals surface area contributed by atoms with Crippen molar-refractivity contribution in [1.29, 1.82) is 0 Å². The normalized spacial score (nSPS) is 10.7. The smallest absolute Gasteiger partial charge is 0.271 e. The van der Waals surface area contributed by atoms with Crippen LogP contribution in [0.15, 0.2) is 41.5 Å². The molecule has 1 heterocycles. The van der Waals surface area contributed by atoms with E-state index in [1.807, 2.05) is 26.0 Å². The highest BCUT2D eigenvalue weighted by Gasteiger charge is 2.04. The first kappa shape index (κ1) is 14.3. The minimum absolute atomic E-state index is 0.238. The van der Waals surface area contributed by atoms with Crippen LogP contribution in [-0.2, 0) is 0 Å². The number of aryl methyl sites for hydroxylation is 1. The summed E-state index contributed by atoms with van der Waals surface area (Å²) in [6.07, 6.45) is 1.64. The average molecular weight is 288 g/mol. The molecule has 0 aliphatic carbocycles. The van der Waals surface area contributed by atoms with Gasteiger partial charge in [-0.05, 0) is 50.2 Å². The first-order valence-electron chi connectivity index (χ1n) is 6.31. The van der Waals surface area contributed by atoms with Crippen molar-refractivity contribution < 1.29 is 9.53 Å². The summed E-state index contributed by atoms with van der Waals surface area (Å²) in [6.45, 7) is 4.55. The van der Waals surface area contributed by atoms with Crippen LogP contribution < -0.4 is 10.2 Å². The fourth-order valence-electron chi connectivity index (χ4n) is 1.61. The van der Waals surface area contributed by atoms with Crippen molar-refractivity contribution in [2.75, 3.05) is 6.61 Å². The second-order valence-electron chi connectivity index (χ2n) is 4.10. The summed E-state index contributed by atoms with van der Waals surface area (Å²) in [5.41, 5.74) is 3.05. The van der Waals surface area contributed by atoms with E-state index in [1.165, 1.54) is 4.88 Å². The Labute approximate surface area is 122 Å². The highest BCUT2D eigenvalue weighted by atomic mass is 32.1. The highest BCUT2D eigenvalue weighted by molar-refractivity contribution is 7.13. The van der Waals surface area contributed by atoms with Crippen molar-refractivity contribution in [3.8, 4) is 5.75 Å². The van der Waals surface area contributed by atoms with E-state index in [0.717, 1.165) is 10.6 Å². The largest absolute Gasteiger partial charge is 0.494 e. The second kappa shape index (κ2) is 6.86. The monoisotopic (exact) mass is 288 g/mol. The van der Waals surface area contributed by atoms with Gasteiger partial charge in [0.2, 0.25) is 0 Å². The number of hydrazone groups is 1. The predicted molar refractivity (Wildman–Crippen MR) is 81.7 cm³/mol. The summed E-state index contributed by atoms with van der Waals surface area (Å²) < 4.78 is 5.32. The van der Waals surface area contributed by atoms with Gasteiger partial charge in [-0.15, -0.1) is 11.3 Å². The van der Waals surface area contributed by atoms with E-state index in [-0.39, 0.29) is 5.91 Å². The average Bonchev–Trinajstić information content (AvgIpc) is 2.85. The Morgan fingerprint density at radius 2 is 2.05 bits per heavy atom. The molecule has 0 spiro atoms. The van der Waals surface area contributed by atoms with E-state index in [9.17, 15) is 4.79 Å². The van der Waals surface area contributed by atoms with Crippen LogP contribution in [0.2, 0.25) is 0 Å². The van der Waals surface area contributed by atoms with Gasteiger partial charge < -0.3 is 4.74 Å². The number of nitrogens with zero attached hydrogens (tertiary/aromatic N) is 1. The lowest BCUT2D eigenvalue weighted by atomic mass is 10.2. The molecule has 1 aromatic carbocycles. The number of amides is 1. The summed E-state index contributed by atoms with van der Waals surface area (Å²) in [4.78, 5) is 14.1. The summed E-state index contributed by atoms with van der Waals surface area (Å²) >= 11 is 1.63. The fourth-order valence-corrected chi connectivity index (χ4v) is 2.36. The molecule has 0 radical (unpaired) electrons. The Balaban J connectivity index is 1.92. The van der Waals surface area contributed by atoms with Crippen LogP contribution >= 0.6 is 11.3 Å². The number of rotatable bonds is 5. The molecule has 0 fully saturated rings. The van der Waals surface area contributed by atoms with Gasteiger partial charge in [0.15, 0.2) is 0 Å². The Kier molecular flexibility index (Phi) is 4.90. The van der Waals surface area contributed by atoms with Crippen LogP contribution in [-0.4, -0.2) is 18.7 Å². The number of hydrogen-bond acceptors (Lipinski definition) is 4. The number of nitrogens with one attached hydrogen (secondary N) is 1. The van der Waals surface area contributed by atoms with E-state index < -0.39 is 0 Å². The number of benzene rings is 1. The first-order chi connectivity index (χ1) is 9.69. The molecule has 1 aromatic heterocycles. The molecule has 0 unspecified atom stereocenters. The molecule has 4 nitrogen and oxygen atoms in total. The molecule has 0 saturated carbocycles. The molecule has 0 atom stereocenters. The van der Waals surface area contributed by atoms with Gasteiger partial charge in [0.05, 0.1) is 12.8 Å². The zero-order valence-electron chi connectivity index (χ0n) is 11.4. The quantitative estimate of drug-likeness (QED) is 0.678. The van der Waals surface area contributed by atoms with Gasteiger partial charge in [-0.2, -0.15) is 5.10 Å². The molecule has 104 valence electrons. The molecule has 1 N–H and O–H groups in total. The van der Waals surface area contributed by atoms with Gasteiger partial charge in [-0.25, -0.2) is 5.43 Å². The van der Waals surface area contributed by atoms with Crippen LogP contribution in [0.1, 0.15) is 27.0 Å². The molecular weight excluding hydrogens is 272 g/mol. The molecule has 0 aliphatic rings. The predicted octanol–water partition coefficient (Wildman–Crippen LogP) is 3.22. The maximum absolute atomic E-state index is 11.8. The van der Waals surface area contributed by atoms with Crippen LogP contribution in [0.3, 0.4) is 0 Å². The van der Waals surface area contributed by atoms with E-state index in [4.69, 9.17) is 4.74 Å². The highest BCUT2D eigenvalue weighted by Crippen LogP contribution is 2.13. The van der Waals surface area contributed by atoms with Gasteiger partial charge in [-0.3, -0.25) is 4.79 Å². The van der Waals surface area contributed by atoms with Gasteiger partial charge in [0.25, 0.3) is 5.91 Å². The lowest BCUT2D eigenvalue weighted by Crippen LogP contribution is -2.17. The number of thiophene rings is 1. The minimum Gasteiger partial charge on any atom is -0.494 e. The van der Waals surface area contributed by atoms with Crippen LogP contribution in [0.5, 0.6) is 5.75 Å². The van der Waals surface area contributed by atoms with E-state index in [2.05, 4.69) is 10.5 Å². The zero-order chi connectivity index (χ0) is 14.4. The molecule has 0 saturated heterocycles. The number of ether oxygens (including phenoxy) is 1. The van der Waals surface area contributed by atoms with Crippen LogP contribution in [0.4, 0.5) is 0 Å². The maximum atomic E-state index is 11.8. The Bertz CT molecular complexity index is 603. The second-order valence-corrected chi connectivity index (χ2v) is 5.42. The Morgan fingerprint density at radius 1 is 1.30 bits per heavy atom. The number of hydrogen-bond donors (Lipinski definition) is 1. The molecule has 2 aromatic rings. The van der Waals surface area contributed by atoms with E-state index >= 15 is 0 Å². The lowest BCUT2D eigenvalue weighted by Gasteiger charge is -2.03. The summed E-state index contributed by atoms with van der Waals surface area (Å²) in [5.74, 6) is 0.513. The lowest BCUT2D eigenvalue weighted by molar-refractivity contribution is 0.0955. The number of carbonyl (C=O) groups is 1. The van der Waals surface area contributed by atoms with Gasteiger partial charge >= 0.3 is 0 Å². The van der Waals surface area contributed by atoms with E-state index in [1.54, 1.807) is 41.8 Å². The summed E-state index contributed by atoms with van der Waals surface area (Å²) in [5, 5.41) is 3.94. The topological polar surface area (TPSA) is 50.7 Å². The molecule has 20 heavy (non-hydrogen) atoms. The zero-order valence-corrected chi connectivity index (χ0v) is 12.2. The van der Waals surface area contributed by atoms with Crippen molar-refractivity contribution in [2.45, 2.75) is 13.8 Å². The SMILES string of the molecule is CCOc1ccc(C(=O)NN=Cc2ccc(C)s2)cc1. The van der Waals surface area contributed by atoms with E-state index in [0.29, 0.717) is 12.2 Å². The third kappa shape index (κ3) is 3.93. The van der Waals surface area contributed by atoms with Gasteiger partial charge in [0.1, 0.15) is 5.75 Å². The standard InChI is InChI=1S/C15H16N2O2S/c1-3-19-13-7-5-12(6-8-13)15(18)17-16-10-14-9-4-11(2)20-14/h4-10H,3H2,1-2H3,(H,17,18). The Hall–Kier alpha value is -2.14. The van der Waals surface area contributed by atoms with Crippen molar-refractivity contribution in [2.24, 2.45) is 5.10 Å². The molecule has 5 heteroatoms. The third-order valence-corrected chi connectivity index (χ3v) is 3.48. The maximum Gasteiger partial charge on any atom is 0.271 e. The summed E-state index contributed by atoms with van der Waals surface area (Å²) in [6, 6.07) is 10.9. The van der Waals surface area contributed by atoms with Crippen LogP contribution in [0.25, 0.3) is 0 Å². The van der Waals surface area contributed by atoms with Crippen molar-refractivity contribution in [3.05, 3.63) is 51.7 Å². The van der Waals surface area contributed by atoms with Crippen molar-refractivity contribution >= 4 is 23.5 Å². The molecule has 0 bridgehead atoms. The Morgan fingerprint density at radius 3 is 2.65 bits per heavy atom. The molecule has 0 aliphatic heterocycles. The minimum atomic E-state index is -0.238. The molecule has 2 rings (SSSR count). The van der Waals surface area contributed by atoms with Crippen molar-refractivity contribution in [3.63, 3.8) is 0 Å². The molecular formula is C15H16N2O2S.